The van der Waals surface area contributed by atoms with Crippen molar-refractivity contribution in [2.75, 3.05) is 19.6 Å². The Morgan fingerprint density at radius 2 is 2.17 bits per heavy atom. The molecule has 0 aliphatic carbocycles. The summed E-state index contributed by atoms with van der Waals surface area (Å²) in [7, 11) is 0. The van der Waals surface area contributed by atoms with Crippen LogP contribution in [0.4, 0.5) is 5.69 Å². The summed E-state index contributed by atoms with van der Waals surface area (Å²) in [5, 5.41) is 12.5. The fourth-order valence-corrected chi connectivity index (χ4v) is 1.96. The van der Waals surface area contributed by atoms with Crippen molar-refractivity contribution >= 4 is 5.69 Å². The van der Waals surface area contributed by atoms with Gasteiger partial charge >= 0.3 is 0 Å². The molecule has 1 fully saturated rings. The summed E-state index contributed by atoms with van der Waals surface area (Å²) in [4.78, 5) is 10.1. The summed E-state index contributed by atoms with van der Waals surface area (Å²) in [6.45, 7) is 2.57. The molecule has 18 heavy (non-hydrogen) atoms. The third-order valence-corrected chi connectivity index (χ3v) is 2.84. The molecule has 1 heterocycles. The quantitative estimate of drug-likeness (QED) is 0.495. The van der Waals surface area contributed by atoms with Crippen molar-refractivity contribution < 1.29 is 4.92 Å². The van der Waals surface area contributed by atoms with E-state index in [4.69, 9.17) is 5.73 Å². The van der Waals surface area contributed by atoms with E-state index in [1.807, 2.05) is 5.01 Å². The highest BCUT2D eigenvalue weighted by molar-refractivity contribution is 5.33. The first kappa shape index (κ1) is 12.9. The van der Waals surface area contributed by atoms with E-state index in [2.05, 4.69) is 11.0 Å². The van der Waals surface area contributed by atoms with Crippen LogP contribution in [0.25, 0.3) is 0 Å². The number of nitro groups is 1. The number of rotatable bonds is 5. The maximum absolute atomic E-state index is 10.5. The highest BCUT2D eigenvalue weighted by atomic mass is 16.6. The van der Waals surface area contributed by atoms with Gasteiger partial charge in [0.15, 0.2) is 0 Å². The number of nitrogens with two attached hydrogens (primary N) is 1. The van der Waals surface area contributed by atoms with Crippen LogP contribution in [0.5, 0.6) is 0 Å². The average Bonchev–Trinajstić information content (AvgIpc) is 2.82. The van der Waals surface area contributed by atoms with Crippen LogP contribution in [-0.2, 0) is 6.42 Å². The largest absolute Gasteiger partial charge is 0.326 e. The van der Waals surface area contributed by atoms with Gasteiger partial charge in [-0.05, 0) is 12.0 Å². The van der Waals surface area contributed by atoms with Crippen LogP contribution in [0.1, 0.15) is 5.56 Å². The van der Waals surface area contributed by atoms with Gasteiger partial charge in [0, 0.05) is 37.8 Å². The lowest BCUT2D eigenvalue weighted by Crippen LogP contribution is -2.44. The molecular formula is C11H17N5O2. The van der Waals surface area contributed by atoms with Crippen molar-refractivity contribution in [2.24, 2.45) is 5.73 Å². The average molecular weight is 251 g/mol. The molecule has 2 rings (SSSR count). The topological polar surface area (TPSA) is 96.5 Å². The Kier molecular flexibility index (Phi) is 4.21. The van der Waals surface area contributed by atoms with Gasteiger partial charge in [0.1, 0.15) is 0 Å². The zero-order valence-corrected chi connectivity index (χ0v) is 10.0. The molecule has 0 amide bonds. The van der Waals surface area contributed by atoms with Crippen LogP contribution in [0.15, 0.2) is 24.3 Å². The second-order valence-electron chi connectivity index (χ2n) is 4.37. The van der Waals surface area contributed by atoms with E-state index in [0.29, 0.717) is 6.42 Å². The zero-order chi connectivity index (χ0) is 13.0. The molecule has 7 heteroatoms. The first-order chi connectivity index (χ1) is 8.65. The molecule has 1 saturated heterocycles. The predicted molar refractivity (Wildman–Crippen MR) is 67.5 cm³/mol. The third kappa shape index (κ3) is 3.47. The van der Waals surface area contributed by atoms with Crippen molar-refractivity contribution in [3.8, 4) is 0 Å². The lowest BCUT2D eigenvalue weighted by atomic mass is 10.1. The standard InChI is InChI=1S/C11H17N5O2/c12-10(8-15-6-5-13-14-15)7-9-1-3-11(4-2-9)16(17)18/h1-4,10,13-14H,5-8,12H2. The second-order valence-corrected chi connectivity index (χ2v) is 4.37. The minimum absolute atomic E-state index is 0.00106. The van der Waals surface area contributed by atoms with Crippen molar-refractivity contribution in [1.29, 1.82) is 0 Å². The number of non-ortho nitro benzene ring substituents is 1. The lowest BCUT2D eigenvalue weighted by molar-refractivity contribution is -0.384. The molecule has 1 unspecified atom stereocenters. The number of nitrogens with one attached hydrogen (secondary N) is 2. The molecule has 1 aliphatic heterocycles. The number of nitrogens with zero attached hydrogens (tertiary/aromatic N) is 2. The maximum Gasteiger partial charge on any atom is 0.269 e. The minimum Gasteiger partial charge on any atom is -0.326 e. The van der Waals surface area contributed by atoms with Gasteiger partial charge in [-0.3, -0.25) is 10.1 Å². The van der Waals surface area contributed by atoms with Crippen LogP contribution in [0.3, 0.4) is 0 Å². The molecule has 0 spiro atoms. The fourth-order valence-electron chi connectivity index (χ4n) is 1.96. The van der Waals surface area contributed by atoms with Gasteiger partial charge in [-0.2, -0.15) is 5.53 Å². The van der Waals surface area contributed by atoms with Crippen LogP contribution in [-0.4, -0.2) is 35.6 Å². The number of hydrogen-bond acceptors (Lipinski definition) is 6. The van der Waals surface area contributed by atoms with Gasteiger partial charge in [0.2, 0.25) is 0 Å². The van der Waals surface area contributed by atoms with E-state index in [-0.39, 0.29) is 11.7 Å². The molecular weight excluding hydrogens is 234 g/mol. The van der Waals surface area contributed by atoms with Crippen LogP contribution < -0.4 is 16.7 Å². The molecule has 0 saturated carbocycles. The Morgan fingerprint density at radius 3 is 2.72 bits per heavy atom. The van der Waals surface area contributed by atoms with E-state index in [0.717, 1.165) is 25.2 Å². The fraction of sp³-hybridized carbons (Fsp3) is 0.455. The van der Waals surface area contributed by atoms with Crippen molar-refractivity contribution in [1.82, 2.24) is 16.0 Å². The Morgan fingerprint density at radius 1 is 1.44 bits per heavy atom. The predicted octanol–water partition coefficient (Wildman–Crippen LogP) is -0.211. The minimum atomic E-state index is -0.399. The Bertz CT molecular complexity index is 402. The van der Waals surface area contributed by atoms with Gasteiger partial charge < -0.3 is 5.73 Å². The molecule has 1 aromatic carbocycles. The Balaban J connectivity index is 1.86. The van der Waals surface area contributed by atoms with E-state index < -0.39 is 4.92 Å². The Hall–Kier alpha value is -1.54. The number of hydrogen-bond donors (Lipinski definition) is 3. The third-order valence-electron chi connectivity index (χ3n) is 2.84. The molecule has 1 aromatic rings. The van der Waals surface area contributed by atoms with Crippen LogP contribution in [0.2, 0.25) is 0 Å². The summed E-state index contributed by atoms with van der Waals surface area (Å²) < 4.78 is 0. The number of nitro benzene ring substituents is 1. The number of benzene rings is 1. The second kappa shape index (κ2) is 5.87. The van der Waals surface area contributed by atoms with Crippen molar-refractivity contribution in [2.45, 2.75) is 12.5 Å². The molecule has 98 valence electrons. The highest BCUT2D eigenvalue weighted by Gasteiger charge is 2.14. The SMILES string of the molecule is NC(Cc1ccc([N+](=O)[O-])cc1)CN1CCNN1. The zero-order valence-electron chi connectivity index (χ0n) is 10.0. The van der Waals surface area contributed by atoms with Gasteiger partial charge in [-0.25, -0.2) is 10.4 Å². The van der Waals surface area contributed by atoms with E-state index in [9.17, 15) is 10.1 Å². The lowest BCUT2D eigenvalue weighted by Gasteiger charge is -2.19. The maximum atomic E-state index is 10.5. The number of hydrazine groups is 2. The van der Waals surface area contributed by atoms with Crippen LogP contribution in [0, 0.1) is 10.1 Å². The van der Waals surface area contributed by atoms with Gasteiger partial charge in [0.05, 0.1) is 4.92 Å². The summed E-state index contributed by atoms with van der Waals surface area (Å²) in [6, 6.07) is 6.54. The first-order valence-corrected chi connectivity index (χ1v) is 5.87. The molecule has 0 aromatic heterocycles. The highest BCUT2D eigenvalue weighted by Crippen LogP contribution is 2.13. The summed E-state index contributed by atoms with van der Waals surface area (Å²) >= 11 is 0. The first-order valence-electron chi connectivity index (χ1n) is 5.87. The van der Waals surface area contributed by atoms with E-state index in [1.54, 1.807) is 12.1 Å². The molecule has 1 aliphatic rings. The molecule has 4 N–H and O–H groups in total. The Labute approximate surface area is 105 Å². The molecule has 7 nitrogen and oxygen atoms in total. The normalized spacial score (nSPS) is 17.8. The van der Waals surface area contributed by atoms with Crippen molar-refractivity contribution in [3.63, 3.8) is 0 Å². The monoisotopic (exact) mass is 251 g/mol. The van der Waals surface area contributed by atoms with Gasteiger partial charge in [-0.1, -0.05) is 12.1 Å². The molecule has 0 bridgehead atoms. The van der Waals surface area contributed by atoms with Gasteiger partial charge in [-0.15, -0.1) is 0 Å². The van der Waals surface area contributed by atoms with Crippen molar-refractivity contribution in [3.05, 3.63) is 39.9 Å². The summed E-state index contributed by atoms with van der Waals surface area (Å²) in [5.41, 5.74) is 13.2. The molecule has 0 radical (unpaired) electrons. The van der Waals surface area contributed by atoms with E-state index >= 15 is 0 Å². The van der Waals surface area contributed by atoms with E-state index in [1.165, 1.54) is 12.1 Å². The van der Waals surface area contributed by atoms with Gasteiger partial charge in [0.25, 0.3) is 5.69 Å². The molecule has 1 atom stereocenters. The summed E-state index contributed by atoms with van der Waals surface area (Å²) in [5.74, 6) is 0. The summed E-state index contributed by atoms with van der Waals surface area (Å²) in [6.07, 6.45) is 0.705. The van der Waals surface area contributed by atoms with Crippen LogP contribution >= 0.6 is 0 Å². The smallest absolute Gasteiger partial charge is 0.269 e.